The molecule has 5 heteroatoms. The molecule has 0 aromatic heterocycles. The van der Waals surface area contributed by atoms with Crippen molar-refractivity contribution in [2.24, 2.45) is 5.41 Å². The average molecular weight is 471 g/mol. The van der Waals surface area contributed by atoms with Gasteiger partial charge in [-0.25, -0.2) is 0 Å². The van der Waals surface area contributed by atoms with Crippen LogP contribution in [-0.4, -0.2) is 46.6 Å². The van der Waals surface area contributed by atoms with Gasteiger partial charge in [-0.2, -0.15) is 0 Å². The quantitative estimate of drug-likeness (QED) is 0.462. The first kappa shape index (κ1) is 23.7. The van der Waals surface area contributed by atoms with Crippen molar-refractivity contribution in [1.82, 2.24) is 9.80 Å². The van der Waals surface area contributed by atoms with Crippen molar-refractivity contribution in [2.75, 3.05) is 26.2 Å². The van der Waals surface area contributed by atoms with E-state index >= 15 is 0 Å². The molecule has 2 heterocycles. The monoisotopic (exact) mass is 470 g/mol. The third kappa shape index (κ3) is 5.89. The molecule has 2 aliphatic heterocycles. The average Bonchev–Trinajstić information content (AvgIpc) is 2.76. The van der Waals surface area contributed by atoms with Gasteiger partial charge in [0.25, 0.3) is 5.91 Å². The molecule has 2 fully saturated rings. The van der Waals surface area contributed by atoms with E-state index in [2.05, 4.69) is 49.9 Å². The molecule has 4 rings (SSSR count). The van der Waals surface area contributed by atoms with Crippen LogP contribution in [0.4, 0.5) is 0 Å². The Morgan fingerprint density at radius 1 is 0.938 bits per heavy atom. The lowest BCUT2D eigenvalue weighted by Crippen LogP contribution is -2.48. The van der Waals surface area contributed by atoms with Crippen molar-refractivity contribution >= 4 is 29.3 Å². The number of amides is 1. The maximum Gasteiger partial charge on any atom is 0.253 e. The zero-order valence-electron chi connectivity index (χ0n) is 19.6. The number of hydrogen-bond donors (Lipinski definition) is 0. The van der Waals surface area contributed by atoms with Gasteiger partial charge in [0.1, 0.15) is 0 Å². The summed E-state index contributed by atoms with van der Waals surface area (Å²) in [5.41, 5.74) is 2.60. The Kier molecular flexibility index (Phi) is 7.24. The largest absolute Gasteiger partial charge is 0.339 e. The highest BCUT2D eigenvalue weighted by Gasteiger charge is 2.38. The number of rotatable bonds is 4. The van der Waals surface area contributed by atoms with Crippen LogP contribution < -0.4 is 0 Å². The predicted octanol–water partition coefficient (Wildman–Crippen LogP) is 6.75. The summed E-state index contributed by atoms with van der Waals surface area (Å²) in [6.07, 6.45) is 4.72. The summed E-state index contributed by atoms with van der Waals surface area (Å²) in [7, 11) is 0. The van der Waals surface area contributed by atoms with E-state index in [0.717, 1.165) is 51.1 Å². The summed E-state index contributed by atoms with van der Waals surface area (Å²) in [6, 6.07) is 16.2. The van der Waals surface area contributed by atoms with Gasteiger partial charge in [-0.1, -0.05) is 50.6 Å². The Morgan fingerprint density at radius 2 is 1.53 bits per heavy atom. The maximum atomic E-state index is 12.8. The van der Waals surface area contributed by atoms with E-state index in [1.807, 2.05) is 28.8 Å². The fourth-order valence-corrected chi connectivity index (χ4v) is 6.15. The zero-order chi connectivity index (χ0) is 22.8. The summed E-state index contributed by atoms with van der Waals surface area (Å²) >= 11 is 7.94. The Morgan fingerprint density at radius 3 is 2.16 bits per heavy atom. The molecule has 32 heavy (non-hydrogen) atoms. The van der Waals surface area contributed by atoms with E-state index < -0.39 is 0 Å². The van der Waals surface area contributed by atoms with E-state index in [0.29, 0.717) is 10.4 Å². The van der Waals surface area contributed by atoms with Crippen LogP contribution in [0.15, 0.2) is 53.4 Å². The summed E-state index contributed by atoms with van der Waals surface area (Å²) < 4.78 is 0.222. The van der Waals surface area contributed by atoms with Crippen molar-refractivity contribution in [3.8, 4) is 0 Å². The molecule has 1 spiro atoms. The molecule has 0 unspecified atom stereocenters. The molecule has 0 atom stereocenters. The van der Waals surface area contributed by atoms with E-state index in [4.69, 9.17) is 11.6 Å². The first-order valence-corrected chi connectivity index (χ1v) is 13.0. The molecule has 0 bridgehead atoms. The second-order valence-electron chi connectivity index (χ2n) is 10.4. The molecular formula is C27H35ClN2OS. The Balaban J connectivity index is 1.30. The molecule has 172 valence electrons. The molecule has 2 aromatic rings. The lowest BCUT2D eigenvalue weighted by Gasteiger charge is -2.47. The predicted molar refractivity (Wildman–Crippen MR) is 136 cm³/mol. The molecular weight excluding hydrogens is 436 g/mol. The number of hydrogen-bond acceptors (Lipinski definition) is 3. The number of piperidine rings is 2. The lowest BCUT2D eigenvalue weighted by molar-refractivity contribution is 0.0283. The smallest absolute Gasteiger partial charge is 0.253 e. The number of thioether (sulfide) groups is 1. The second-order valence-corrected chi connectivity index (χ2v) is 12.7. The fraction of sp³-hybridized carbons (Fsp3) is 0.519. The number of nitrogens with zero attached hydrogens (tertiary/aromatic N) is 2. The molecule has 0 aliphatic carbocycles. The van der Waals surface area contributed by atoms with Crippen LogP contribution in [0.2, 0.25) is 5.02 Å². The molecule has 0 saturated carbocycles. The van der Waals surface area contributed by atoms with Gasteiger partial charge in [-0.05, 0) is 80.1 Å². The van der Waals surface area contributed by atoms with E-state index in [-0.39, 0.29) is 10.7 Å². The van der Waals surface area contributed by atoms with Crippen LogP contribution >= 0.6 is 23.4 Å². The fourth-order valence-electron chi connectivity index (χ4n) is 4.95. The van der Waals surface area contributed by atoms with Crippen molar-refractivity contribution < 1.29 is 4.79 Å². The third-order valence-electron chi connectivity index (χ3n) is 6.90. The molecule has 2 aromatic carbocycles. The lowest BCUT2D eigenvalue weighted by atomic mass is 9.71. The summed E-state index contributed by atoms with van der Waals surface area (Å²) in [4.78, 5) is 18.9. The number of halogens is 1. The maximum absolute atomic E-state index is 12.8. The van der Waals surface area contributed by atoms with Gasteiger partial charge in [0.2, 0.25) is 0 Å². The highest BCUT2D eigenvalue weighted by atomic mass is 35.5. The Labute approximate surface area is 202 Å². The van der Waals surface area contributed by atoms with Crippen LogP contribution in [0.1, 0.15) is 62.4 Å². The van der Waals surface area contributed by atoms with Gasteiger partial charge < -0.3 is 4.90 Å². The molecule has 2 aliphatic rings. The van der Waals surface area contributed by atoms with Crippen molar-refractivity contribution in [3.63, 3.8) is 0 Å². The number of carbonyl (C=O) groups is 1. The van der Waals surface area contributed by atoms with Gasteiger partial charge >= 0.3 is 0 Å². The molecule has 0 radical (unpaired) electrons. The summed E-state index contributed by atoms with van der Waals surface area (Å²) in [5, 5.41) is 0.672. The van der Waals surface area contributed by atoms with Crippen LogP contribution in [0.5, 0.6) is 0 Å². The van der Waals surface area contributed by atoms with E-state index in [9.17, 15) is 4.79 Å². The van der Waals surface area contributed by atoms with Gasteiger partial charge in [0.15, 0.2) is 0 Å². The van der Waals surface area contributed by atoms with Crippen LogP contribution in [0.3, 0.4) is 0 Å². The topological polar surface area (TPSA) is 23.6 Å². The Bertz CT molecular complexity index is 919. The number of likely N-dealkylation sites (tertiary alicyclic amines) is 2. The van der Waals surface area contributed by atoms with Crippen LogP contribution in [0, 0.1) is 5.41 Å². The number of carbonyl (C=O) groups excluding carboxylic acids is 1. The van der Waals surface area contributed by atoms with Gasteiger partial charge in [-0.3, -0.25) is 9.69 Å². The summed E-state index contributed by atoms with van der Waals surface area (Å²) in [6.45, 7) is 11.9. The highest BCUT2D eigenvalue weighted by molar-refractivity contribution is 8.00. The van der Waals surface area contributed by atoms with Crippen LogP contribution in [0.25, 0.3) is 0 Å². The first-order valence-electron chi connectivity index (χ1n) is 11.8. The van der Waals surface area contributed by atoms with Gasteiger partial charge in [-0.15, -0.1) is 11.8 Å². The molecule has 2 saturated heterocycles. The van der Waals surface area contributed by atoms with Crippen molar-refractivity contribution in [1.29, 1.82) is 0 Å². The van der Waals surface area contributed by atoms with Gasteiger partial charge in [0, 0.05) is 39.9 Å². The molecule has 3 nitrogen and oxygen atoms in total. The minimum atomic E-state index is 0.141. The van der Waals surface area contributed by atoms with Crippen LogP contribution in [-0.2, 0) is 6.54 Å². The highest BCUT2D eigenvalue weighted by Crippen LogP contribution is 2.42. The second kappa shape index (κ2) is 9.79. The first-order chi connectivity index (χ1) is 15.2. The SMILES string of the molecule is CC(C)(C)Sc1ccccc1CN1CCC2(CC1)CCN(C(=O)c1ccc(Cl)cc1)CC2. The third-order valence-corrected chi connectivity index (χ3v) is 8.38. The standard InChI is InChI=1S/C27H35ClN2OS/c1-26(2,3)32-24-7-5-4-6-22(24)20-29-16-12-27(13-17-29)14-18-30(19-15-27)25(31)21-8-10-23(28)11-9-21/h4-11H,12-20H2,1-3H3. The summed E-state index contributed by atoms with van der Waals surface area (Å²) in [5.74, 6) is 0.141. The number of benzene rings is 2. The Hall–Kier alpha value is -1.49. The van der Waals surface area contributed by atoms with Gasteiger partial charge in [0.05, 0.1) is 0 Å². The normalized spacial score (nSPS) is 19.3. The molecule has 1 amide bonds. The van der Waals surface area contributed by atoms with Crippen molar-refractivity contribution in [2.45, 2.75) is 62.6 Å². The molecule has 0 N–H and O–H groups in total. The van der Waals surface area contributed by atoms with E-state index in [1.54, 1.807) is 12.1 Å². The van der Waals surface area contributed by atoms with E-state index in [1.165, 1.54) is 23.3 Å². The minimum Gasteiger partial charge on any atom is -0.339 e. The van der Waals surface area contributed by atoms with Crippen molar-refractivity contribution in [3.05, 3.63) is 64.7 Å². The minimum absolute atomic E-state index is 0.141. The zero-order valence-corrected chi connectivity index (χ0v) is 21.1.